The third kappa shape index (κ3) is 8.77. The fraction of sp³-hybridized carbons (Fsp3) is 0.259. The Kier molecular flexibility index (Phi) is 10.9. The largest absolute Gasteiger partial charge is 0.507 e. The third-order valence-corrected chi connectivity index (χ3v) is 11.1. The fourth-order valence-electron chi connectivity index (χ4n) is 7.42. The van der Waals surface area contributed by atoms with Gasteiger partial charge in [-0.15, -0.1) is 0 Å². The zero-order valence-corrected chi connectivity index (χ0v) is 35.8. The highest BCUT2D eigenvalue weighted by Gasteiger charge is 2.26. The van der Waals surface area contributed by atoms with Crippen molar-refractivity contribution in [3.05, 3.63) is 180 Å². The molecule has 2 heterocycles. The average Bonchev–Trinajstić information content (AvgIpc) is 3.20. The van der Waals surface area contributed by atoms with E-state index in [1.807, 2.05) is 30.5 Å². The van der Waals surface area contributed by atoms with Crippen LogP contribution in [0.1, 0.15) is 103 Å². The molecule has 0 radical (unpaired) electrons. The molecule has 58 heavy (non-hydrogen) atoms. The summed E-state index contributed by atoms with van der Waals surface area (Å²) in [7, 11) is 0. The van der Waals surface area contributed by atoms with Crippen LogP contribution in [-0.2, 0) is 16.2 Å². The highest BCUT2D eigenvalue weighted by atomic mass is 16.3. The molecule has 4 nitrogen and oxygen atoms in total. The number of para-hydroxylation sites is 1. The van der Waals surface area contributed by atoms with E-state index in [1.54, 1.807) is 6.07 Å². The van der Waals surface area contributed by atoms with Crippen molar-refractivity contribution in [2.75, 3.05) is 4.90 Å². The van der Waals surface area contributed by atoms with E-state index >= 15 is 0 Å². The van der Waals surface area contributed by atoms with Crippen LogP contribution in [0.5, 0.6) is 5.75 Å². The molecule has 0 bridgehead atoms. The van der Waals surface area contributed by atoms with Gasteiger partial charge < -0.3 is 5.11 Å². The fourth-order valence-corrected chi connectivity index (χ4v) is 7.42. The standard InChI is InChI=1S/C54H57N3O/c1-36(37-19-12-11-13-20-37)38-21-18-22-39(27-38)40-30-48(56-49(31-40)47-23-14-15-24-50(47)58)41-28-42(52(2,3)4)33-45(29-41)57(51-25-16-17-26-55-51)46-34-43(53(5,6)7)32-44(35-46)54(8,9)10/h11-36,58H,1-10H3. The van der Waals surface area contributed by atoms with Crippen molar-refractivity contribution < 1.29 is 5.11 Å². The molecule has 1 atom stereocenters. The second kappa shape index (κ2) is 15.7. The van der Waals surface area contributed by atoms with Crippen LogP contribution in [0.2, 0.25) is 0 Å². The quantitative estimate of drug-likeness (QED) is 0.167. The smallest absolute Gasteiger partial charge is 0.137 e. The molecule has 5 aromatic carbocycles. The summed E-state index contributed by atoms with van der Waals surface area (Å²) in [6.07, 6.45) is 1.87. The Bertz CT molecular complexity index is 2500. The minimum atomic E-state index is -0.176. The maximum absolute atomic E-state index is 11.2. The van der Waals surface area contributed by atoms with Crippen molar-refractivity contribution in [3.8, 4) is 39.4 Å². The number of aromatic nitrogens is 2. The molecule has 4 heteroatoms. The number of aromatic hydroxyl groups is 1. The van der Waals surface area contributed by atoms with E-state index in [2.05, 4.69) is 189 Å². The van der Waals surface area contributed by atoms with Gasteiger partial charge in [0.25, 0.3) is 0 Å². The molecule has 0 aliphatic rings. The van der Waals surface area contributed by atoms with Gasteiger partial charge in [-0.1, -0.05) is 148 Å². The number of anilines is 3. The van der Waals surface area contributed by atoms with Crippen molar-refractivity contribution in [1.82, 2.24) is 9.97 Å². The molecule has 2 aromatic heterocycles. The predicted molar refractivity (Wildman–Crippen MR) is 245 cm³/mol. The van der Waals surface area contributed by atoms with Crippen LogP contribution < -0.4 is 4.90 Å². The summed E-state index contributed by atoms with van der Waals surface area (Å²) >= 11 is 0. The van der Waals surface area contributed by atoms with Gasteiger partial charge in [0.15, 0.2) is 0 Å². The van der Waals surface area contributed by atoms with Crippen LogP contribution in [0.4, 0.5) is 17.2 Å². The lowest BCUT2D eigenvalue weighted by Gasteiger charge is -2.32. The van der Waals surface area contributed by atoms with Crippen LogP contribution in [0.15, 0.2) is 152 Å². The van der Waals surface area contributed by atoms with Gasteiger partial charge in [-0.3, -0.25) is 4.90 Å². The van der Waals surface area contributed by atoms with E-state index in [-0.39, 0.29) is 27.9 Å². The normalized spacial score (nSPS) is 12.7. The Morgan fingerprint density at radius 3 is 1.67 bits per heavy atom. The van der Waals surface area contributed by atoms with Crippen molar-refractivity contribution in [3.63, 3.8) is 0 Å². The van der Waals surface area contributed by atoms with E-state index in [1.165, 1.54) is 27.8 Å². The molecule has 294 valence electrons. The van der Waals surface area contributed by atoms with Crippen molar-refractivity contribution >= 4 is 17.2 Å². The summed E-state index contributed by atoms with van der Waals surface area (Å²) in [5.41, 5.74) is 13.3. The highest BCUT2D eigenvalue weighted by molar-refractivity contribution is 5.83. The first-order valence-electron chi connectivity index (χ1n) is 20.4. The van der Waals surface area contributed by atoms with Gasteiger partial charge in [0.2, 0.25) is 0 Å². The summed E-state index contributed by atoms with van der Waals surface area (Å²) < 4.78 is 0. The monoisotopic (exact) mass is 763 g/mol. The number of phenols is 1. The average molecular weight is 764 g/mol. The molecule has 1 N–H and O–H groups in total. The minimum absolute atomic E-state index is 0.0653. The van der Waals surface area contributed by atoms with Gasteiger partial charge >= 0.3 is 0 Å². The lowest BCUT2D eigenvalue weighted by molar-refractivity contribution is 0.477. The number of benzene rings is 5. The Morgan fingerprint density at radius 1 is 0.483 bits per heavy atom. The maximum atomic E-state index is 11.2. The molecule has 0 saturated heterocycles. The summed E-state index contributed by atoms with van der Waals surface area (Å²) in [4.78, 5) is 12.6. The summed E-state index contributed by atoms with van der Waals surface area (Å²) in [5, 5.41) is 11.2. The molecular weight excluding hydrogens is 707 g/mol. The van der Waals surface area contributed by atoms with Gasteiger partial charge in [0.05, 0.1) is 11.4 Å². The Balaban J connectivity index is 1.47. The third-order valence-electron chi connectivity index (χ3n) is 11.1. The summed E-state index contributed by atoms with van der Waals surface area (Å²) in [6, 6.07) is 51.2. The molecular formula is C54H57N3O. The van der Waals surface area contributed by atoms with Crippen LogP contribution in [0.3, 0.4) is 0 Å². The zero-order chi connectivity index (χ0) is 41.4. The molecule has 0 fully saturated rings. The van der Waals surface area contributed by atoms with Crippen molar-refractivity contribution in [2.45, 2.75) is 91.4 Å². The van der Waals surface area contributed by atoms with Crippen LogP contribution in [0.25, 0.3) is 33.6 Å². The van der Waals surface area contributed by atoms with Crippen LogP contribution in [0, 0.1) is 0 Å². The summed E-state index contributed by atoms with van der Waals surface area (Å²) in [6.45, 7) is 22.7. The molecule has 0 aliphatic heterocycles. The maximum Gasteiger partial charge on any atom is 0.137 e. The second-order valence-corrected chi connectivity index (χ2v) is 18.7. The molecule has 7 aromatic rings. The van der Waals surface area contributed by atoms with E-state index in [9.17, 15) is 5.11 Å². The predicted octanol–water partition coefficient (Wildman–Crippen LogP) is 14.7. The number of hydrogen-bond donors (Lipinski definition) is 1. The van der Waals surface area contributed by atoms with E-state index < -0.39 is 0 Å². The number of pyridine rings is 2. The van der Waals surface area contributed by atoms with Crippen molar-refractivity contribution in [2.24, 2.45) is 0 Å². The SMILES string of the molecule is CC(c1ccccc1)c1cccc(-c2cc(-c3cc(N(c4cc(C(C)(C)C)cc(C(C)(C)C)c4)c4ccccn4)cc(C(C)(C)C)c3)nc(-c3ccccc3O)c2)c1. The molecule has 0 saturated carbocycles. The minimum Gasteiger partial charge on any atom is -0.507 e. The lowest BCUT2D eigenvalue weighted by atomic mass is 9.80. The van der Waals surface area contributed by atoms with E-state index in [0.717, 1.165) is 39.6 Å². The van der Waals surface area contributed by atoms with Crippen molar-refractivity contribution in [1.29, 1.82) is 0 Å². The van der Waals surface area contributed by atoms with Crippen LogP contribution >= 0.6 is 0 Å². The zero-order valence-electron chi connectivity index (χ0n) is 35.8. The molecule has 0 spiro atoms. The van der Waals surface area contributed by atoms with Gasteiger partial charge in [-0.05, 0) is 122 Å². The van der Waals surface area contributed by atoms with E-state index in [0.29, 0.717) is 11.3 Å². The number of nitrogens with zero attached hydrogens (tertiary/aromatic N) is 3. The number of phenolic OH excluding ortho intramolecular Hbond substituents is 1. The second-order valence-electron chi connectivity index (χ2n) is 18.7. The first-order chi connectivity index (χ1) is 27.5. The van der Waals surface area contributed by atoms with Crippen LogP contribution in [-0.4, -0.2) is 15.1 Å². The van der Waals surface area contributed by atoms with Gasteiger partial charge in [0, 0.05) is 34.6 Å². The Hall–Kier alpha value is -6.00. The topological polar surface area (TPSA) is 49.2 Å². The lowest BCUT2D eigenvalue weighted by Crippen LogP contribution is -2.20. The molecule has 1 unspecified atom stereocenters. The first-order valence-corrected chi connectivity index (χ1v) is 20.4. The van der Waals surface area contributed by atoms with Gasteiger partial charge in [-0.25, -0.2) is 9.97 Å². The van der Waals surface area contributed by atoms with Gasteiger partial charge in [0.1, 0.15) is 11.6 Å². The molecule has 0 amide bonds. The first kappa shape index (κ1) is 40.2. The summed E-state index contributed by atoms with van der Waals surface area (Å²) in [5.74, 6) is 1.26. The molecule has 0 aliphatic carbocycles. The van der Waals surface area contributed by atoms with E-state index in [4.69, 9.17) is 9.97 Å². The van der Waals surface area contributed by atoms with Gasteiger partial charge in [-0.2, -0.15) is 0 Å². The Labute approximate surface area is 346 Å². The number of rotatable bonds is 8. The Morgan fingerprint density at radius 2 is 1.05 bits per heavy atom. The molecule has 7 rings (SSSR count). The highest BCUT2D eigenvalue weighted by Crippen LogP contribution is 2.43. The number of hydrogen-bond acceptors (Lipinski definition) is 4.